The van der Waals surface area contributed by atoms with Crippen molar-refractivity contribution in [2.24, 2.45) is 5.92 Å². The molecule has 18 heavy (non-hydrogen) atoms. The van der Waals surface area contributed by atoms with Gasteiger partial charge in [0, 0.05) is 17.9 Å². The first-order valence-electron chi connectivity index (χ1n) is 7.13. The molecule has 102 valence electrons. The van der Waals surface area contributed by atoms with Gasteiger partial charge in [-0.3, -0.25) is 4.90 Å². The molecule has 1 aliphatic rings. The highest BCUT2D eigenvalue weighted by Gasteiger charge is 2.16. The molecule has 0 amide bonds. The summed E-state index contributed by atoms with van der Waals surface area (Å²) in [5, 5.41) is 3.49. The van der Waals surface area contributed by atoms with E-state index in [9.17, 15) is 0 Å². The quantitative estimate of drug-likeness (QED) is 0.721. The predicted octanol–water partition coefficient (Wildman–Crippen LogP) is 3.69. The molecule has 0 spiro atoms. The van der Waals surface area contributed by atoms with Crippen LogP contribution in [0.2, 0.25) is 0 Å². The van der Waals surface area contributed by atoms with E-state index in [2.05, 4.69) is 43.6 Å². The summed E-state index contributed by atoms with van der Waals surface area (Å²) in [4.78, 5) is 2.55. The summed E-state index contributed by atoms with van der Waals surface area (Å²) < 4.78 is 0. The predicted molar refractivity (Wildman–Crippen MR) is 80.3 cm³/mol. The minimum Gasteiger partial charge on any atom is -0.362 e. The Morgan fingerprint density at radius 1 is 1.39 bits per heavy atom. The molecule has 0 atom stereocenters. The maximum Gasteiger partial charge on any atom is 0.0381 e. The summed E-state index contributed by atoms with van der Waals surface area (Å²) >= 11 is 0. The van der Waals surface area contributed by atoms with Gasteiger partial charge in [0.05, 0.1) is 0 Å². The van der Waals surface area contributed by atoms with Crippen molar-refractivity contribution in [1.29, 1.82) is 0 Å². The number of likely N-dealkylation sites (tertiary alicyclic amines) is 1. The fraction of sp³-hybridized carbons (Fsp3) is 0.625. The first-order valence-corrected chi connectivity index (χ1v) is 7.13. The Bertz CT molecular complexity index is 307. The zero-order valence-corrected chi connectivity index (χ0v) is 12.2. The Labute approximate surface area is 112 Å². The highest BCUT2D eigenvalue weighted by atomic mass is 15.1. The van der Waals surface area contributed by atoms with E-state index in [1.807, 2.05) is 12.2 Å². The summed E-state index contributed by atoms with van der Waals surface area (Å²) in [6.45, 7) is 13.9. The molecule has 1 aliphatic heterocycles. The highest BCUT2D eigenvalue weighted by molar-refractivity contribution is 5.15. The minimum atomic E-state index is 0.898. The average molecular weight is 248 g/mol. The van der Waals surface area contributed by atoms with Gasteiger partial charge in [0.1, 0.15) is 0 Å². The van der Waals surface area contributed by atoms with Crippen LogP contribution in [-0.2, 0) is 0 Å². The molecule has 1 heterocycles. The van der Waals surface area contributed by atoms with Crippen LogP contribution in [0.3, 0.4) is 0 Å². The molecule has 0 aromatic heterocycles. The van der Waals surface area contributed by atoms with Crippen molar-refractivity contribution in [3.8, 4) is 0 Å². The molecule has 0 bridgehead atoms. The minimum absolute atomic E-state index is 0.898. The van der Waals surface area contributed by atoms with Crippen LogP contribution in [0.5, 0.6) is 0 Å². The van der Waals surface area contributed by atoms with E-state index in [-0.39, 0.29) is 0 Å². The Balaban J connectivity index is 2.50. The fourth-order valence-corrected chi connectivity index (χ4v) is 2.33. The molecule has 1 fully saturated rings. The van der Waals surface area contributed by atoms with Gasteiger partial charge >= 0.3 is 0 Å². The Kier molecular flexibility index (Phi) is 6.81. The zero-order chi connectivity index (χ0) is 13.4. The lowest BCUT2D eigenvalue weighted by atomic mass is 9.99. The number of hydrogen-bond donors (Lipinski definition) is 1. The van der Waals surface area contributed by atoms with Gasteiger partial charge in [-0.05, 0) is 51.3 Å². The van der Waals surface area contributed by atoms with E-state index in [1.165, 1.54) is 31.6 Å². The molecule has 0 aliphatic carbocycles. The third-order valence-electron chi connectivity index (χ3n) is 3.45. The van der Waals surface area contributed by atoms with Gasteiger partial charge in [-0.2, -0.15) is 0 Å². The lowest BCUT2D eigenvalue weighted by molar-refractivity contribution is 0.204. The first-order chi connectivity index (χ1) is 8.65. The van der Waals surface area contributed by atoms with Crippen molar-refractivity contribution in [2.45, 2.75) is 40.0 Å². The second-order valence-electron chi connectivity index (χ2n) is 5.31. The Morgan fingerprint density at radius 3 is 2.61 bits per heavy atom. The number of rotatable bonds is 6. The van der Waals surface area contributed by atoms with Crippen LogP contribution < -0.4 is 5.32 Å². The summed E-state index contributed by atoms with van der Waals surface area (Å²) in [6.07, 6.45) is 9.88. The van der Waals surface area contributed by atoms with Gasteiger partial charge in [0.15, 0.2) is 0 Å². The molecule has 0 unspecified atom stereocenters. The number of hydrogen-bond acceptors (Lipinski definition) is 2. The van der Waals surface area contributed by atoms with E-state index >= 15 is 0 Å². The molecule has 0 aromatic rings. The van der Waals surface area contributed by atoms with Crippen LogP contribution in [-0.4, -0.2) is 24.5 Å². The van der Waals surface area contributed by atoms with E-state index in [0.29, 0.717) is 0 Å². The van der Waals surface area contributed by atoms with Crippen LogP contribution in [0.25, 0.3) is 0 Å². The number of piperidine rings is 1. The molecule has 1 rings (SSSR count). The molecule has 2 nitrogen and oxygen atoms in total. The third kappa shape index (κ3) is 5.54. The summed E-state index contributed by atoms with van der Waals surface area (Å²) in [7, 11) is 0. The van der Waals surface area contributed by atoms with Crippen molar-refractivity contribution in [2.75, 3.05) is 19.6 Å². The topological polar surface area (TPSA) is 15.3 Å². The van der Waals surface area contributed by atoms with Crippen molar-refractivity contribution in [3.05, 3.63) is 36.2 Å². The summed E-state index contributed by atoms with van der Waals surface area (Å²) in [6, 6.07) is 0. The number of allylic oxidation sites excluding steroid dienone is 4. The zero-order valence-electron chi connectivity index (χ0n) is 12.2. The lowest BCUT2D eigenvalue weighted by Gasteiger charge is -2.31. The van der Waals surface area contributed by atoms with E-state index < -0.39 is 0 Å². The monoisotopic (exact) mass is 248 g/mol. The third-order valence-corrected chi connectivity index (χ3v) is 3.45. The van der Waals surface area contributed by atoms with Crippen molar-refractivity contribution >= 4 is 0 Å². The van der Waals surface area contributed by atoms with Crippen LogP contribution in [0.1, 0.15) is 40.0 Å². The fourth-order valence-electron chi connectivity index (χ4n) is 2.33. The smallest absolute Gasteiger partial charge is 0.0381 e. The molecule has 0 aromatic carbocycles. The highest BCUT2D eigenvalue weighted by Crippen LogP contribution is 2.16. The van der Waals surface area contributed by atoms with Crippen LogP contribution in [0, 0.1) is 5.92 Å². The number of nitrogens with one attached hydrogen (secondary N) is 1. The van der Waals surface area contributed by atoms with E-state index in [4.69, 9.17) is 0 Å². The summed E-state index contributed by atoms with van der Waals surface area (Å²) in [5.74, 6) is 0.898. The van der Waals surface area contributed by atoms with Crippen LogP contribution in [0.15, 0.2) is 36.2 Å². The van der Waals surface area contributed by atoms with Gasteiger partial charge < -0.3 is 5.32 Å². The van der Waals surface area contributed by atoms with Gasteiger partial charge in [0.25, 0.3) is 0 Å². The average Bonchev–Trinajstić information content (AvgIpc) is 2.32. The van der Waals surface area contributed by atoms with Crippen LogP contribution in [0.4, 0.5) is 0 Å². The lowest BCUT2D eigenvalue weighted by Crippen LogP contribution is -2.36. The second kappa shape index (κ2) is 8.15. The maximum absolute atomic E-state index is 3.73. The van der Waals surface area contributed by atoms with Crippen LogP contribution >= 0.6 is 0 Å². The first kappa shape index (κ1) is 15.0. The van der Waals surface area contributed by atoms with Crippen molar-refractivity contribution in [1.82, 2.24) is 10.2 Å². The summed E-state index contributed by atoms with van der Waals surface area (Å²) in [5.41, 5.74) is 2.48. The standard InChI is InChI=1S/C16H28N2/c1-5-7-15(4)17-16(8-6-2)13-18-11-9-14(3)10-12-18/h5,7-8,14,17H,1,6,9-13H2,2-4H3/b15-7+,16-8-. The van der Waals surface area contributed by atoms with E-state index in [1.54, 1.807) is 0 Å². The molecule has 1 N–H and O–H groups in total. The molecule has 2 heteroatoms. The van der Waals surface area contributed by atoms with Gasteiger partial charge in [-0.15, -0.1) is 0 Å². The molecular formula is C16H28N2. The normalized spacial score (nSPS) is 19.9. The van der Waals surface area contributed by atoms with E-state index in [0.717, 1.165) is 24.6 Å². The van der Waals surface area contributed by atoms with Gasteiger partial charge in [0.2, 0.25) is 0 Å². The molecular weight excluding hydrogens is 220 g/mol. The van der Waals surface area contributed by atoms with Crippen molar-refractivity contribution in [3.63, 3.8) is 0 Å². The largest absolute Gasteiger partial charge is 0.362 e. The van der Waals surface area contributed by atoms with Crippen molar-refractivity contribution < 1.29 is 0 Å². The SMILES string of the molecule is C=C/C=C(\C)N/C(=C\CC)CN1CCC(C)CC1. The molecule has 0 radical (unpaired) electrons. The maximum atomic E-state index is 3.73. The second-order valence-corrected chi connectivity index (χ2v) is 5.31. The molecule has 1 saturated heterocycles. The Hall–Kier alpha value is -1.02. The van der Waals surface area contributed by atoms with Gasteiger partial charge in [-0.25, -0.2) is 0 Å². The van der Waals surface area contributed by atoms with Gasteiger partial charge in [-0.1, -0.05) is 32.6 Å². The Morgan fingerprint density at radius 2 is 2.06 bits per heavy atom. The number of nitrogens with zero attached hydrogens (tertiary/aromatic N) is 1. The molecule has 0 saturated carbocycles.